The summed E-state index contributed by atoms with van der Waals surface area (Å²) in [5.41, 5.74) is 0.633. The predicted molar refractivity (Wildman–Crippen MR) is 64.2 cm³/mol. The molecule has 0 aliphatic heterocycles. The summed E-state index contributed by atoms with van der Waals surface area (Å²) in [5.74, 6) is 0.215. The van der Waals surface area contributed by atoms with E-state index in [-0.39, 0.29) is 11.6 Å². The van der Waals surface area contributed by atoms with Crippen molar-refractivity contribution in [2.24, 2.45) is 7.05 Å². The summed E-state index contributed by atoms with van der Waals surface area (Å²) in [7, 11) is 1.84. The summed E-state index contributed by atoms with van der Waals surface area (Å²) in [5, 5.41) is 19.5. The number of anilines is 1. The molecule has 0 fully saturated rings. The van der Waals surface area contributed by atoms with Crippen molar-refractivity contribution in [1.29, 1.82) is 5.26 Å². The minimum absolute atomic E-state index is 0.0341. The smallest absolute Gasteiger partial charge is 0.154 e. The number of aromatic nitrogens is 3. The van der Waals surface area contributed by atoms with Gasteiger partial charge in [-0.15, -0.1) is 10.2 Å². The van der Waals surface area contributed by atoms with E-state index in [2.05, 4.69) is 15.5 Å². The normalized spacial score (nSPS) is 11.9. The first-order valence-corrected chi connectivity index (χ1v) is 5.42. The number of nitrogens with one attached hydrogen (secondary N) is 1. The van der Waals surface area contributed by atoms with Crippen molar-refractivity contribution in [1.82, 2.24) is 14.8 Å². The van der Waals surface area contributed by atoms with Gasteiger partial charge in [0.05, 0.1) is 11.6 Å². The van der Waals surface area contributed by atoms with Crippen molar-refractivity contribution >= 4 is 5.69 Å². The molecule has 0 radical (unpaired) electrons. The largest absolute Gasteiger partial charge is 0.375 e. The highest BCUT2D eigenvalue weighted by Crippen LogP contribution is 2.19. The van der Waals surface area contributed by atoms with Crippen molar-refractivity contribution in [3.05, 3.63) is 41.7 Å². The molecule has 0 aliphatic carbocycles. The van der Waals surface area contributed by atoms with Crippen LogP contribution in [0.1, 0.15) is 24.4 Å². The molecule has 1 atom stereocenters. The van der Waals surface area contributed by atoms with Crippen LogP contribution in [0.25, 0.3) is 0 Å². The zero-order valence-corrected chi connectivity index (χ0v) is 10.1. The Morgan fingerprint density at radius 1 is 1.50 bits per heavy atom. The number of hydrogen-bond donors (Lipinski definition) is 1. The molecule has 0 bridgehead atoms. The Hall–Kier alpha value is -2.42. The first-order chi connectivity index (χ1) is 8.61. The lowest BCUT2D eigenvalue weighted by molar-refractivity contribution is 0.623. The molecule has 0 amide bonds. The van der Waals surface area contributed by atoms with E-state index in [0.717, 1.165) is 5.82 Å². The van der Waals surface area contributed by atoms with E-state index >= 15 is 0 Å². The van der Waals surface area contributed by atoms with Crippen LogP contribution in [0.2, 0.25) is 0 Å². The average molecular weight is 245 g/mol. The van der Waals surface area contributed by atoms with Crippen LogP contribution in [-0.4, -0.2) is 14.8 Å². The Morgan fingerprint density at radius 2 is 2.28 bits per heavy atom. The molecule has 1 aromatic heterocycles. The van der Waals surface area contributed by atoms with Crippen molar-refractivity contribution in [2.45, 2.75) is 13.0 Å². The predicted octanol–water partition coefficient (Wildman–Crippen LogP) is 2.00. The summed E-state index contributed by atoms with van der Waals surface area (Å²) < 4.78 is 15.2. The maximum Gasteiger partial charge on any atom is 0.154 e. The number of nitrogens with zero attached hydrogens (tertiary/aromatic N) is 4. The van der Waals surface area contributed by atoms with E-state index in [1.54, 1.807) is 23.0 Å². The van der Waals surface area contributed by atoms with Gasteiger partial charge < -0.3 is 9.88 Å². The van der Waals surface area contributed by atoms with Crippen LogP contribution in [0.5, 0.6) is 0 Å². The molecule has 92 valence electrons. The van der Waals surface area contributed by atoms with Gasteiger partial charge in [0.25, 0.3) is 0 Å². The Kier molecular flexibility index (Phi) is 3.24. The van der Waals surface area contributed by atoms with E-state index in [1.807, 2.05) is 14.0 Å². The second kappa shape index (κ2) is 4.84. The highest BCUT2D eigenvalue weighted by Gasteiger charge is 2.12. The van der Waals surface area contributed by atoms with Gasteiger partial charge in [-0.05, 0) is 25.1 Å². The molecule has 2 rings (SSSR count). The summed E-state index contributed by atoms with van der Waals surface area (Å²) in [6, 6.07) is 6.08. The molecule has 6 heteroatoms. The molecule has 1 unspecified atom stereocenters. The van der Waals surface area contributed by atoms with Gasteiger partial charge in [0.2, 0.25) is 0 Å². The molecule has 2 aromatic rings. The molecule has 0 spiro atoms. The molecule has 0 saturated heterocycles. The summed E-state index contributed by atoms with van der Waals surface area (Å²) in [6.45, 7) is 1.90. The van der Waals surface area contributed by atoms with E-state index < -0.39 is 5.82 Å². The average Bonchev–Trinajstić information content (AvgIpc) is 2.76. The zero-order chi connectivity index (χ0) is 13.1. The first-order valence-electron chi connectivity index (χ1n) is 5.42. The second-order valence-corrected chi connectivity index (χ2v) is 3.97. The van der Waals surface area contributed by atoms with Crippen LogP contribution >= 0.6 is 0 Å². The molecule has 1 aromatic carbocycles. The van der Waals surface area contributed by atoms with Crippen LogP contribution in [0.3, 0.4) is 0 Å². The third-order valence-corrected chi connectivity index (χ3v) is 2.61. The molecular formula is C12H12FN5. The Bertz CT molecular complexity index is 599. The van der Waals surface area contributed by atoms with Crippen LogP contribution in [0.15, 0.2) is 24.5 Å². The quantitative estimate of drug-likeness (QED) is 0.898. The third kappa shape index (κ3) is 2.30. The lowest BCUT2D eigenvalue weighted by Gasteiger charge is -2.14. The number of aryl methyl sites for hydroxylation is 1. The highest BCUT2D eigenvalue weighted by atomic mass is 19.1. The second-order valence-electron chi connectivity index (χ2n) is 3.97. The van der Waals surface area contributed by atoms with Crippen LogP contribution in [0, 0.1) is 17.1 Å². The lowest BCUT2D eigenvalue weighted by atomic mass is 10.2. The van der Waals surface area contributed by atoms with Crippen molar-refractivity contribution < 1.29 is 4.39 Å². The van der Waals surface area contributed by atoms with Crippen LogP contribution < -0.4 is 5.32 Å². The van der Waals surface area contributed by atoms with Crippen LogP contribution in [-0.2, 0) is 7.05 Å². The van der Waals surface area contributed by atoms with Gasteiger partial charge in [0.1, 0.15) is 18.2 Å². The zero-order valence-electron chi connectivity index (χ0n) is 10.1. The number of halogens is 1. The summed E-state index contributed by atoms with van der Waals surface area (Å²) in [4.78, 5) is 0. The van der Waals surface area contributed by atoms with E-state index in [1.165, 1.54) is 12.1 Å². The monoisotopic (exact) mass is 245 g/mol. The van der Waals surface area contributed by atoms with Crippen molar-refractivity contribution in [3.63, 3.8) is 0 Å². The van der Waals surface area contributed by atoms with E-state index in [4.69, 9.17) is 5.26 Å². The SMILES string of the molecule is CC(Nc1ccc(C#N)c(F)c1)c1nncn1C. The fourth-order valence-electron chi connectivity index (χ4n) is 1.69. The lowest BCUT2D eigenvalue weighted by Crippen LogP contribution is -2.12. The Labute approximate surface area is 104 Å². The molecule has 5 nitrogen and oxygen atoms in total. The number of hydrogen-bond acceptors (Lipinski definition) is 4. The molecule has 0 aliphatic rings. The van der Waals surface area contributed by atoms with Gasteiger partial charge in [0, 0.05) is 12.7 Å². The topological polar surface area (TPSA) is 66.5 Å². The van der Waals surface area contributed by atoms with Crippen molar-refractivity contribution in [2.75, 3.05) is 5.32 Å². The fraction of sp³-hybridized carbons (Fsp3) is 0.250. The highest BCUT2D eigenvalue weighted by molar-refractivity contribution is 5.49. The number of rotatable bonds is 3. The Balaban J connectivity index is 2.18. The molecule has 18 heavy (non-hydrogen) atoms. The molecule has 1 N–H and O–H groups in total. The maximum absolute atomic E-state index is 13.4. The number of benzene rings is 1. The molecular weight excluding hydrogens is 233 g/mol. The minimum atomic E-state index is -0.535. The van der Waals surface area contributed by atoms with Gasteiger partial charge in [-0.3, -0.25) is 0 Å². The maximum atomic E-state index is 13.4. The third-order valence-electron chi connectivity index (χ3n) is 2.61. The Morgan fingerprint density at radius 3 is 2.83 bits per heavy atom. The van der Waals surface area contributed by atoms with Gasteiger partial charge in [-0.2, -0.15) is 5.26 Å². The summed E-state index contributed by atoms with van der Waals surface area (Å²) >= 11 is 0. The number of nitriles is 1. The van der Waals surface area contributed by atoms with Gasteiger partial charge in [-0.1, -0.05) is 0 Å². The van der Waals surface area contributed by atoms with E-state index in [0.29, 0.717) is 5.69 Å². The first kappa shape index (κ1) is 12.0. The van der Waals surface area contributed by atoms with Gasteiger partial charge in [-0.25, -0.2) is 4.39 Å². The fourth-order valence-corrected chi connectivity index (χ4v) is 1.69. The van der Waals surface area contributed by atoms with Crippen LogP contribution in [0.4, 0.5) is 10.1 Å². The molecule has 0 saturated carbocycles. The van der Waals surface area contributed by atoms with E-state index in [9.17, 15) is 4.39 Å². The molecule has 1 heterocycles. The van der Waals surface area contributed by atoms with Crippen molar-refractivity contribution in [3.8, 4) is 6.07 Å². The van der Waals surface area contributed by atoms with Gasteiger partial charge in [0.15, 0.2) is 5.82 Å². The minimum Gasteiger partial charge on any atom is -0.375 e. The van der Waals surface area contributed by atoms with Gasteiger partial charge >= 0.3 is 0 Å². The standard InChI is InChI=1S/C12H12FN5/c1-8(12-17-15-7-18(12)2)16-10-4-3-9(6-14)11(13)5-10/h3-5,7-8,16H,1-2H3. The summed E-state index contributed by atoms with van der Waals surface area (Å²) in [6.07, 6.45) is 1.60.